The molecule has 6 heteroatoms. The Morgan fingerprint density at radius 2 is 2.10 bits per heavy atom. The van der Waals surface area contributed by atoms with Gasteiger partial charge < -0.3 is 0 Å². The van der Waals surface area contributed by atoms with E-state index in [0.717, 1.165) is 6.07 Å². The second-order valence-electron chi connectivity index (χ2n) is 1.19. The fourth-order valence-corrected chi connectivity index (χ4v) is 0.218. The molecule has 0 spiro atoms. The number of aliphatic imine (C=N–C) groups is 1. The lowest BCUT2D eigenvalue weighted by atomic mass is 10.4. The number of amides is 1. The number of carbonyl (C=O) groups is 1. The van der Waals surface area contributed by atoms with Crippen molar-refractivity contribution in [2.24, 2.45) is 4.99 Å². The average Bonchev–Trinajstić information content (AvgIpc) is 1.80. The van der Waals surface area contributed by atoms with Crippen LogP contribution in [0.1, 0.15) is 0 Å². The molecular formula is C4HF3N2O. The zero-order valence-electron chi connectivity index (χ0n) is 4.51. The molecule has 0 unspecified atom stereocenters. The molecule has 0 fully saturated rings. The van der Waals surface area contributed by atoms with E-state index in [-0.39, 0.29) is 6.41 Å². The number of rotatable bonds is 1. The smallest absolute Gasteiger partial charge is 0.276 e. The van der Waals surface area contributed by atoms with Crippen LogP contribution in [0.5, 0.6) is 0 Å². The summed E-state index contributed by atoms with van der Waals surface area (Å²) in [6, 6.07) is 0.737. The molecule has 3 nitrogen and oxygen atoms in total. The third-order valence-electron chi connectivity index (χ3n) is 0.556. The summed E-state index contributed by atoms with van der Waals surface area (Å²) in [7, 11) is 0. The molecule has 0 aliphatic heterocycles. The number of carbonyl (C=O) groups excluding carboxylic acids is 1. The predicted octanol–water partition coefficient (Wildman–Crippen LogP) is 0.670. The van der Waals surface area contributed by atoms with Gasteiger partial charge in [0.15, 0.2) is 0 Å². The van der Waals surface area contributed by atoms with Crippen molar-refractivity contribution >= 4 is 12.1 Å². The molecule has 54 valence electrons. The van der Waals surface area contributed by atoms with Gasteiger partial charge in [-0.15, -0.1) is 0 Å². The Bertz CT molecular complexity index is 200. The first kappa shape index (κ1) is 8.62. The molecule has 0 saturated heterocycles. The minimum Gasteiger partial charge on any atom is -0.276 e. The van der Waals surface area contributed by atoms with Gasteiger partial charge in [0, 0.05) is 0 Å². The summed E-state index contributed by atoms with van der Waals surface area (Å²) >= 11 is 0. The monoisotopic (exact) mass is 150 g/mol. The molecule has 0 heterocycles. The van der Waals surface area contributed by atoms with Gasteiger partial charge in [-0.05, 0) is 0 Å². The van der Waals surface area contributed by atoms with E-state index in [1.165, 1.54) is 0 Å². The molecular weight excluding hydrogens is 149 g/mol. The molecule has 1 amide bonds. The molecule has 0 aromatic rings. The van der Waals surface area contributed by atoms with Crippen LogP contribution in [0.2, 0.25) is 0 Å². The standard InChI is InChI=1S/C4HF3N2O/c5-4(6,7)3(1-8)9-2-10/h2H. The first-order valence-corrected chi connectivity index (χ1v) is 2.01. The van der Waals surface area contributed by atoms with E-state index in [1.54, 1.807) is 0 Å². The SMILES string of the molecule is N#CC(=NC=O)C(F)(F)F. The molecule has 0 aliphatic carbocycles. The summed E-state index contributed by atoms with van der Waals surface area (Å²) in [5.74, 6) is 0. The highest BCUT2D eigenvalue weighted by molar-refractivity contribution is 6.05. The van der Waals surface area contributed by atoms with Crippen molar-refractivity contribution in [2.75, 3.05) is 0 Å². The van der Waals surface area contributed by atoms with E-state index >= 15 is 0 Å². The third kappa shape index (κ3) is 2.26. The van der Waals surface area contributed by atoms with Crippen molar-refractivity contribution in [3.05, 3.63) is 0 Å². The number of alkyl halides is 3. The maximum atomic E-state index is 11.4. The second kappa shape index (κ2) is 2.96. The fourth-order valence-electron chi connectivity index (χ4n) is 0.218. The van der Waals surface area contributed by atoms with Crippen molar-refractivity contribution in [1.29, 1.82) is 5.26 Å². The summed E-state index contributed by atoms with van der Waals surface area (Å²) in [6.45, 7) is 0. The van der Waals surface area contributed by atoms with E-state index in [9.17, 15) is 18.0 Å². The van der Waals surface area contributed by atoms with E-state index in [0.29, 0.717) is 0 Å². The molecule has 0 aromatic carbocycles. The molecule has 10 heavy (non-hydrogen) atoms. The van der Waals surface area contributed by atoms with E-state index in [4.69, 9.17) is 5.26 Å². The number of hydrogen-bond acceptors (Lipinski definition) is 2. The van der Waals surface area contributed by atoms with Crippen LogP contribution >= 0.6 is 0 Å². The lowest BCUT2D eigenvalue weighted by Crippen LogP contribution is -2.21. The Hall–Kier alpha value is -1.38. The van der Waals surface area contributed by atoms with E-state index in [1.807, 2.05) is 0 Å². The first-order valence-electron chi connectivity index (χ1n) is 2.01. The summed E-state index contributed by atoms with van der Waals surface area (Å²) in [5.41, 5.74) is -1.73. The Labute approximate surface area is 53.8 Å². The summed E-state index contributed by atoms with van der Waals surface area (Å²) in [5, 5.41) is 7.73. The molecule has 0 N–H and O–H groups in total. The molecule has 0 atom stereocenters. The van der Waals surface area contributed by atoms with E-state index in [2.05, 4.69) is 4.99 Å². The normalized spacial score (nSPS) is 12.4. The number of nitriles is 1. The van der Waals surface area contributed by atoms with Gasteiger partial charge in [0.25, 0.3) is 0 Å². The van der Waals surface area contributed by atoms with Gasteiger partial charge in [-0.3, -0.25) is 4.79 Å². The quantitative estimate of drug-likeness (QED) is 0.407. The maximum Gasteiger partial charge on any atom is 0.443 e. The van der Waals surface area contributed by atoms with Crippen molar-refractivity contribution in [3.8, 4) is 6.07 Å². The van der Waals surface area contributed by atoms with Crippen LogP contribution in [0.4, 0.5) is 13.2 Å². The Morgan fingerprint density at radius 3 is 2.20 bits per heavy atom. The van der Waals surface area contributed by atoms with Crippen molar-refractivity contribution in [3.63, 3.8) is 0 Å². The molecule has 0 bridgehead atoms. The first-order chi connectivity index (χ1) is 4.52. The van der Waals surface area contributed by atoms with Gasteiger partial charge in [-0.25, -0.2) is 4.99 Å². The highest BCUT2D eigenvalue weighted by Crippen LogP contribution is 2.16. The minimum absolute atomic E-state index is 0.327. The van der Waals surface area contributed by atoms with Crippen LogP contribution in [0.15, 0.2) is 4.99 Å². The van der Waals surface area contributed by atoms with Crippen molar-refractivity contribution in [2.45, 2.75) is 6.18 Å². The maximum absolute atomic E-state index is 11.4. The number of halogens is 3. The molecule has 0 radical (unpaired) electrons. The van der Waals surface area contributed by atoms with Crippen molar-refractivity contribution < 1.29 is 18.0 Å². The van der Waals surface area contributed by atoms with Crippen molar-refractivity contribution in [1.82, 2.24) is 0 Å². The zero-order valence-corrected chi connectivity index (χ0v) is 4.51. The predicted molar refractivity (Wildman–Crippen MR) is 25.2 cm³/mol. The molecule has 0 rings (SSSR count). The highest BCUT2D eigenvalue weighted by Gasteiger charge is 2.35. The fraction of sp³-hybridized carbons (Fsp3) is 0.250. The largest absolute Gasteiger partial charge is 0.443 e. The molecule has 0 aliphatic rings. The van der Waals surface area contributed by atoms with Crippen LogP contribution in [0.3, 0.4) is 0 Å². The Balaban J connectivity index is 4.57. The minimum atomic E-state index is -4.82. The van der Waals surface area contributed by atoms with Gasteiger partial charge >= 0.3 is 6.18 Å². The Kier molecular flexibility index (Phi) is 2.55. The topological polar surface area (TPSA) is 53.2 Å². The summed E-state index contributed by atoms with van der Waals surface area (Å²) in [4.78, 5) is 11.6. The molecule has 0 saturated carbocycles. The number of nitrogens with zero attached hydrogens (tertiary/aromatic N) is 2. The van der Waals surface area contributed by atoms with Crippen LogP contribution in [0.25, 0.3) is 0 Å². The lowest BCUT2D eigenvalue weighted by molar-refractivity contribution is -0.107. The summed E-state index contributed by atoms with van der Waals surface area (Å²) < 4.78 is 34.2. The van der Waals surface area contributed by atoms with Gasteiger partial charge in [-0.2, -0.15) is 18.4 Å². The van der Waals surface area contributed by atoms with Crippen LogP contribution in [-0.4, -0.2) is 18.3 Å². The highest BCUT2D eigenvalue weighted by atomic mass is 19.4. The van der Waals surface area contributed by atoms with Crippen LogP contribution < -0.4 is 0 Å². The number of hydrogen-bond donors (Lipinski definition) is 0. The second-order valence-corrected chi connectivity index (χ2v) is 1.19. The van der Waals surface area contributed by atoms with Gasteiger partial charge in [0.2, 0.25) is 12.1 Å². The Morgan fingerprint density at radius 1 is 1.60 bits per heavy atom. The van der Waals surface area contributed by atoms with Crippen LogP contribution in [0, 0.1) is 11.3 Å². The summed E-state index contributed by atoms with van der Waals surface area (Å²) in [6.07, 6.45) is -5.15. The van der Waals surface area contributed by atoms with Gasteiger partial charge in [0.05, 0.1) is 0 Å². The third-order valence-corrected chi connectivity index (χ3v) is 0.556. The average molecular weight is 150 g/mol. The van der Waals surface area contributed by atoms with Crippen LogP contribution in [-0.2, 0) is 4.79 Å². The zero-order chi connectivity index (χ0) is 8.20. The van der Waals surface area contributed by atoms with E-state index < -0.39 is 11.9 Å². The molecule has 0 aromatic heterocycles. The lowest BCUT2D eigenvalue weighted by Gasteiger charge is -1.98. The van der Waals surface area contributed by atoms with Gasteiger partial charge in [0.1, 0.15) is 6.07 Å². The van der Waals surface area contributed by atoms with Gasteiger partial charge in [-0.1, -0.05) is 0 Å².